The van der Waals surface area contributed by atoms with E-state index < -0.39 is 11.4 Å². The quantitative estimate of drug-likeness (QED) is 0.0994. The standard InChI is InChI=1S/C39H32O9/c1-26(40)46-25-47-34-19-30(17-18-33(34)44-23-28-13-7-3-8-14-28)38-39(45-24-29-15-9-4-10-16-29)37(42)36-32(41)20-31(21-35(36)48-38)43-22-27-11-5-2-6-12-27/h2-21,41H,22-25H2,1H3. The van der Waals surface area contributed by atoms with Gasteiger partial charge < -0.3 is 33.2 Å². The van der Waals surface area contributed by atoms with E-state index in [9.17, 15) is 14.7 Å². The summed E-state index contributed by atoms with van der Waals surface area (Å²) in [5.74, 6) is 0.0863. The molecular weight excluding hydrogens is 612 g/mol. The van der Waals surface area contributed by atoms with Crippen LogP contribution in [0.3, 0.4) is 0 Å². The third-order valence-electron chi connectivity index (χ3n) is 7.30. The molecule has 48 heavy (non-hydrogen) atoms. The number of aromatic hydroxyl groups is 1. The van der Waals surface area contributed by atoms with Gasteiger partial charge in [0.1, 0.15) is 42.3 Å². The Labute approximate surface area is 276 Å². The molecule has 0 aliphatic carbocycles. The maximum absolute atomic E-state index is 14.0. The molecule has 1 aromatic heterocycles. The normalized spacial score (nSPS) is 10.8. The average molecular weight is 645 g/mol. The third kappa shape index (κ3) is 7.76. The first-order valence-electron chi connectivity index (χ1n) is 15.2. The van der Waals surface area contributed by atoms with Crippen molar-refractivity contribution >= 4 is 16.9 Å². The summed E-state index contributed by atoms with van der Waals surface area (Å²) >= 11 is 0. The fraction of sp³-hybridized carbons (Fsp3) is 0.128. The molecule has 6 rings (SSSR count). The van der Waals surface area contributed by atoms with Gasteiger partial charge in [0.2, 0.25) is 18.0 Å². The van der Waals surface area contributed by atoms with Gasteiger partial charge in [-0.2, -0.15) is 0 Å². The van der Waals surface area contributed by atoms with E-state index in [1.165, 1.54) is 13.0 Å². The second kappa shape index (κ2) is 14.9. The predicted molar refractivity (Wildman–Crippen MR) is 179 cm³/mol. The zero-order valence-corrected chi connectivity index (χ0v) is 26.1. The predicted octanol–water partition coefficient (Wildman–Crippen LogP) is 7.80. The van der Waals surface area contributed by atoms with E-state index in [1.54, 1.807) is 24.3 Å². The van der Waals surface area contributed by atoms with Crippen molar-refractivity contribution in [3.05, 3.63) is 148 Å². The van der Waals surface area contributed by atoms with E-state index in [0.29, 0.717) is 17.1 Å². The minimum Gasteiger partial charge on any atom is -0.507 e. The van der Waals surface area contributed by atoms with Crippen LogP contribution in [-0.2, 0) is 29.4 Å². The zero-order valence-electron chi connectivity index (χ0n) is 26.1. The molecular formula is C39H32O9. The Bertz CT molecular complexity index is 2060. The first-order chi connectivity index (χ1) is 23.4. The first kappa shape index (κ1) is 31.7. The number of carbonyl (C=O) groups is 1. The Kier molecular flexibility index (Phi) is 9.86. The molecule has 0 unspecified atom stereocenters. The number of benzene rings is 5. The Balaban J connectivity index is 1.41. The van der Waals surface area contributed by atoms with Crippen LogP contribution >= 0.6 is 0 Å². The number of ether oxygens (including phenoxy) is 5. The molecule has 9 heteroatoms. The molecule has 6 aromatic rings. The summed E-state index contributed by atoms with van der Waals surface area (Å²) in [5.41, 5.74) is 2.64. The van der Waals surface area contributed by atoms with Crippen LogP contribution in [0.15, 0.2) is 131 Å². The van der Waals surface area contributed by atoms with Crippen molar-refractivity contribution < 1.29 is 38.0 Å². The van der Waals surface area contributed by atoms with Gasteiger partial charge in [-0.25, -0.2) is 0 Å². The molecule has 0 aliphatic rings. The third-order valence-corrected chi connectivity index (χ3v) is 7.30. The van der Waals surface area contributed by atoms with Gasteiger partial charge >= 0.3 is 5.97 Å². The van der Waals surface area contributed by atoms with Crippen molar-refractivity contribution in [2.75, 3.05) is 6.79 Å². The van der Waals surface area contributed by atoms with Crippen LogP contribution in [0.4, 0.5) is 0 Å². The molecule has 0 saturated carbocycles. The minimum absolute atomic E-state index is 0.0528. The molecule has 0 spiro atoms. The van der Waals surface area contributed by atoms with Gasteiger partial charge in [0, 0.05) is 24.6 Å². The molecule has 0 radical (unpaired) electrons. The van der Waals surface area contributed by atoms with E-state index in [2.05, 4.69) is 0 Å². The summed E-state index contributed by atoms with van der Waals surface area (Å²) < 4.78 is 35.3. The van der Waals surface area contributed by atoms with Crippen molar-refractivity contribution in [3.8, 4) is 40.1 Å². The van der Waals surface area contributed by atoms with Crippen molar-refractivity contribution in [2.24, 2.45) is 0 Å². The van der Waals surface area contributed by atoms with Crippen LogP contribution in [0.1, 0.15) is 23.6 Å². The zero-order chi connectivity index (χ0) is 33.3. The fourth-order valence-corrected chi connectivity index (χ4v) is 4.93. The Morgan fingerprint density at radius 3 is 1.85 bits per heavy atom. The molecule has 0 atom stereocenters. The van der Waals surface area contributed by atoms with Crippen LogP contribution in [-0.4, -0.2) is 17.9 Å². The van der Waals surface area contributed by atoms with Crippen molar-refractivity contribution in [1.29, 1.82) is 0 Å². The summed E-state index contributed by atoms with van der Waals surface area (Å²) in [6, 6.07) is 36.4. The van der Waals surface area contributed by atoms with Gasteiger partial charge in [0.15, 0.2) is 17.3 Å². The van der Waals surface area contributed by atoms with Crippen LogP contribution in [0.25, 0.3) is 22.3 Å². The molecule has 0 bridgehead atoms. The van der Waals surface area contributed by atoms with Crippen LogP contribution in [0, 0.1) is 0 Å². The lowest BCUT2D eigenvalue weighted by Crippen LogP contribution is -2.11. The molecule has 1 heterocycles. The molecule has 0 aliphatic heterocycles. The fourth-order valence-electron chi connectivity index (χ4n) is 4.93. The molecule has 242 valence electrons. The highest BCUT2D eigenvalue weighted by molar-refractivity contribution is 5.88. The molecule has 9 nitrogen and oxygen atoms in total. The average Bonchev–Trinajstić information content (AvgIpc) is 3.10. The Hall–Kier alpha value is -6.22. The minimum atomic E-state index is -0.568. The maximum atomic E-state index is 14.0. The second-order valence-electron chi connectivity index (χ2n) is 10.8. The first-order valence-corrected chi connectivity index (χ1v) is 15.2. The van der Waals surface area contributed by atoms with E-state index in [0.717, 1.165) is 16.7 Å². The number of esters is 1. The van der Waals surface area contributed by atoms with Crippen molar-refractivity contribution in [1.82, 2.24) is 0 Å². The summed E-state index contributed by atoms with van der Waals surface area (Å²) in [6.45, 7) is 1.48. The number of phenols is 1. The highest BCUT2D eigenvalue weighted by atomic mass is 16.7. The van der Waals surface area contributed by atoms with E-state index >= 15 is 0 Å². The summed E-state index contributed by atoms with van der Waals surface area (Å²) in [5, 5.41) is 11.0. The van der Waals surface area contributed by atoms with Gasteiger partial charge in [-0.3, -0.25) is 9.59 Å². The number of rotatable bonds is 13. The van der Waals surface area contributed by atoms with Crippen molar-refractivity contribution in [2.45, 2.75) is 26.7 Å². The van der Waals surface area contributed by atoms with Gasteiger partial charge in [0.05, 0.1) is 0 Å². The largest absolute Gasteiger partial charge is 0.507 e. The summed E-state index contributed by atoms with van der Waals surface area (Å²) in [6.07, 6.45) is 0. The number of hydrogen-bond acceptors (Lipinski definition) is 9. The van der Waals surface area contributed by atoms with E-state index in [-0.39, 0.29) is 60.6 Å². The van der Waals surface area contributed by atoms with Crippen LogP contribution < -0.4 is 24.4 Å². The van der Waals surface area contributed by atoms with E-state index in [4.69, 9.17) is 28.1 Å². The maximum Gasteiger partial charge on any atom is 0.305 e. The number of phenolic OH excluding ortho intramolecular Hbond substituents is 1. The molecule has 0 amide bonds. The molecule has 5 aromatic carbocycles. The lowest BCUT2D eigenvalue weighted by molar-refractivity contribution is -0.147. The summed E-state index contributed by atoms with van der Waals surface area (Å²) in [7, 11) is 0. The van der Waals surface area contributed by atoms with Gasteiger partial charge in [-0.15, -0.1) is 0 Å². The number of hydrogen-bond donors (Lipinski definition) is 1. The van der Waals surface area contributed by atoms with Crippen LogP contribution in [0.2, 0.25) is 0 Å². The number of fused-ring (bicyclic) bond motifs is 1. The lowest BCUT2D eigenvalue weighted by Gasteiger charge is -2.16. The number of carbonyl (C=O) groups excluding carboxylic acids is 1. The van der Waals surface area contributed by atoms with Gasteiger partial charge in [-0.1, -0.05) is 91.0 Å². The second-order valence-corrected chi connectivity index (χ2v) is 10.8. The Morgan fingerprint density at radius 1 is 0.667 bits per heavy atom. The van der Waals surface area contributed by atoms with Crippen LogP contribution in [0.5, 0.6) is 28.7 Å². The van der Waals surface area contributed by atoms with Gasteiger partial charge in [-0.05, 0) is 34.9 Å². The topological polar surface area (TPSA) is 114 Å². The highest BCUT2D eigenvalue weighted by Crippen LogP contribution is 2.40. The molecule has 0 saturated heterocycles. The summed E-state index contributed by atoms with van der Waals surface area (Å²) in [4.78, 5) is 25.5. The smallest absolute Gasteiger partial charge is 0.305 e. The molecule has 1 N–H and O–H groups in total. The molecule has 0 fully saturated rings. The highest BCUT2D eigenvalue weighted by Gasteiger charge is 2.23. The monoisotopic (exact) mass is 644 g/mol. The van der Waals surface area contributed by atoms with Crippen molar-refractivity contribution in [3.63, 3.8) is 0 Å². The van der Waals surface area contributed by atoms with Gasteiger partial charge in [0.25, 0.3) is 0 Å². The lowest BCUT2D eigenvalue weighted by atomic mass is 10.1. The SMILES string of the molecule is CC(=O)OCOc1cc(-c2oc3cc(OCc4ccccc4)cc(O)c3c(=O)c2OCc2ccccc2)ccc1OCc1ccccc1. The Morgan fingerprint density at radius 2 is 1.25 bits per heavy atom. The van der Waals surface area contributed by atoms with E-state index in [1.807, 2.05) is 91.0 Å².